The number of nitrogens with two attached hydrogens (primary N) is 1. The Labute approximate surface area is 298 Å². The molecule has 1 aromatic heterocycles. The molecule has 0 saturated heterocycles. The van der Waals surface area contributed by atoms with Gasteiger partial charge in [0.15, 0.2) is 5.69 Å². The van der Waals surface area contributed by atoms with Crippen LogP contribution in [0.5, 0.6) is 5.88 Å². The largest absolute Gasteiger partial charge is 0.493 e. The maximum absolute atomic E-state index is 9.86. The summed E-state index contributed by atoms with van der Waals surface area (Å²) in [7, 11) is 1.75. The van der Waals surface area contributed by atoms with E-state index in [0.717, 1.165) is 55.7 Å². The lowest BCUT2D eigenvalue weighted by atomic mass is 10.1. The van der Waals surface area contributed by atoms with Crippen molar-refractivity contribution in [2.45, 2.75) is 19.9 Å². The smallest absolute Gasteiger partial charge is 0.220 e. The Morgan fingerprint density at radius 1 is 0.878 bits per heavy atom. The fourth-order valence-corrected chi connectivity index (χ4v) is 5.73. The van der Waals surface area contributed by atoms with Gasteiger partial charge >= 0.3 is 0 Å². The van der Waals surface area contributed by atoms with E-state index in [1.54, 1.807) is 11.6 Å². The molecule has 7 rings (SSSR count). The lowest BCUT2D eigenvalue weighted by molar-refractivity contribution is 0.436. The molecule has 9 nitrogen and oxygen atoms in total. The van der Waals surface area contributed by atoms with Crippen LogP contribution < -0.4 is 16.4 Å². The van der Waals surface area contributed by atoms with Crippen LogP contribution in [0.4, 0.5) is 17.1 Å². The fourth-order valence-electron chi connectivity index (χ4n) is 5.44. The van der Waals surface area contributed by atoms with Crippen LogP contribution in [-0.2, 0) is 7.05 Å². The second kappa shape index (κ2) is 14.4. The SMILES string of the molecule is CC(C)N=c1cc2n(-c3ccc(Cl)cc3)c3ccccc3nc-2cc1Nc1ccc(Cl)cc1.Cn1c(O)c(N=NC(N)=S)c2ccccc21. The summed E-state index contributed by atoms with van der Waals surface area (Å²) in [6.07, 6.45) is 0. The van der Waals surface area contributed by atoms with Gasteiger partial charge in [-0.05, 0) is 105 Å². The zero-order valence-corrected chi connectivity index (χ0v) is 29.2. The number of anilines is 2. The number of nitrogens with one attached hydrogen (secondary N) is 1. The highest BCUT2D eigenvalue weighted by molar-refractivity contribution is 7.80. The molecule has 1 aliphatic heterocycles. The van der Waals surface area contributed by atoms with Gasteiger partial charge in [-0.25, -0.2) is 4.98 Å². The van der Waals surface area contributed by atoms with Gasteiger partial charge in [-0.1, -0.05) is 53.5 Å². The zero-order valence-electron chi connectivity index (χ0n) is 26.8. The second-order valence-corrected chi connectivity index (χ2v) is 12.7. The topological polar surface area (TPSA) is 118 Å². The molecule has 0 saturated carbocycles. The fraction of sp³-hybridized carbons (Fsp3) is 0.108. The van der Waals surface area contributed by atoms with Crippen molar-refractivity contribution in [3.05, 3.63) is 125 Å². The Bertz CT molecular complexity index is 2360. The average molecular weight is 708 g/mol. The van der Waals surface area contributed by atoms with Gasteiger partial charge in [0, 0.05) is 39.9 Å². The molecule has 0 spiro atoms. The highest BCUT2D eigenvalue weighted by Gasteiger charge is 2.17. The first-order valence-corrected chi connectivity index (χ1v) is 16.5. The third-order valence-corrected chi connectivity index (χ3v) is 8.19. The Kier molecular flexibility index (Phi) is 9.91. The summed E-state index contributed by atoms with van der Waals surface area (Å²) in [5, 5.41) is 23.8. The summed E-state index contributed by atoms with van der Waals surface area (Å²) in [5.74, 6) is 0.0428. The molecule has 4 N–H and O–H groups in total. The molecule has 0 atom stereocenters. The average Bonchev–Trinajstić information content (AvgIpc) is 3.33. The number of rotatable bonds is 5. The number of aryl methyl sites for hydroxylation is 1. The van der Waals surface area contributed by atoms with Crippen molar-refractivity contribution in [1.29, 1.82) is 0 Å². The minimum absolute atomic E-state index is 0.0428. The highest BCUT2D eigenvalue weighted by Crippen LogP contribution is 2.37. The summed E-state index contributed by atoms with van der Waals surface area (Å²) < 4.78 is 3.84. The Morgan fingerprint density at radius 3 is 2.18 bits per heavy atom. The summed E-state index contributed by atoms with van der Waals surface area (Å²) in [5.41, 5.74) is 13.1. The number of fused-ring (bicyclic) bond motifs is 3. The van der Waals surface area contributed by atoms with E-state index in [1.165, 1.54) is 0 Å². The molecule has 0 unspecified atom stereocenters. The molecule has 0 amide bonds. The number of halogens is 2. The van der Waals surface area contributed by atoms with Crippen molar-refractivity contribution in [2.24, 2.45) is 28.0 Å². The van der Waals surface area contributed by atoms with Gasteiger partial charge in [0.25, 0.3) is 0 Å². The van der Waals surface area contributed by atoms with E-state index < -0.39 is 0 Å². The third-order valence-electron chi connectivity index (χ3n) is 7.60. The third kappa shape index (κ3) is 7.41. The summed E-state index contributed by atoms with van der Waals surface area (Å²) in [4.78, 5) is 9.87. The number of aromatic hydroxyl groups is 1. The lowest BCUT2D eigenvalue weighted by Crippen LogP contribution is -2.16. The highest BCUT2D eigenvalue weighted by atomic mass is 35.5. The molecule has 5 aromatic rings. The molecular weight excluding hydrogens is 675 g/mol. The quantitative estimate of drug-likeness (QED) is 0.0936. The van der Waals surface area contributed by atoms with Crippen molar-refractivity contribution in [3.8, 4) is 23.0 Å². The van der Waals surface area contributed by atoms with E-state index in [0.29, 0.717) is 15.7 Å². The van der Waals surface area contributed by atoms with Crippen molar-refractivity contribution in [1.82, 2.24) is 14.1 Å². The van der Waals surface area contributed by atoms with E-state index in [9.17, 15) is 5.11 Å². The van der Waals surface area contributed by atoms with Crippen LogP contribution in [0.25, 0.3) is 39.0 Å². The first-order chi connectivity index (χ1) is 23.6. The van der Waals surface area contributed by atoms with Crippen LogP contribution in [-0.4, -0.2) is 30.4 Å². The van der Waals surface area contributed by atoms with Gasteiger partial charge in [0.2, 0.25) is 11.0 Å². The van der Waals surface area contributed by atoms with Crippen molar-refractivity contribution < 1.29 is 5.11 Å². The van der Waals surface area contributed by atoms with Gasteiger partial charge in [-0.3, -0.25) is 4.99 Å². The van der Waals surface area contributed by atoms with Gasteiger partial charge in [0.05, 0.1) is 39.0 Å². The number of thiocarbonyl (C=S) groups is 1. The minimum atomic E-state index is -0.0627. The summed E-state index contributed by atoms with van der Waals surface area (Å²) >= 11 is 16.8. The predicted octanol–water partition coefficient (Wildman–Crippen LogP) is 9.70. The van der Waals surface area contributed by atoms with Crippen LogP contribution in [0.2, 0.25) is 10.0 Å². The molecule has 246 valence electrons. The number of azo groups is 1. The second-order valence-electron chi connectivity index (χ2n) is 11.4. The Morgan fingerprint density at radius 2 is 1.51 bits per heavy atom. The summed E-state index contributed by atoms with van der Waals surface area (Å²) in [6, 6.07) is 35.4. The maximum Gasteiger partial charge on any atom is 0.220 e. The number of para-hydroxylation sites is 3. The molecule has 4 aromatic carbocycles. The number of hydrogen-bond acceptors (Lipinski definition) is 6. The molecule has 0 radical (unpaired) electrons. The zero-order chi connectivity index (χ0) is 34.7. The van der Waals surface area contributed by atoms with Crippen LogP contribution in [0, 0.1) is 0 Å². The number of nitrogens with zero attached hydrogens (tertiary/aromatic N) is 6. The first-order valence-electron chi connectivity index (χ1n) is 15.3. The lowest BCUT2D eigenvalue weighted by Gasteiger charge is -2.20. The van der Waals surface area contributed by atoms with E-state index in [1.807, 2.05) is 91.0 Å². The molecule has 1 aliphatic carbocycles. The maximum atomic E-state index is 9.86. The van der Waals surface area contributed by atoms with Crippen molar-refractivity contribution in [3.63, 3.8) is 0 Å². The van der Waals surface area contributed by atoms with Crippen LogP contribution in [0.3, 0.4) is 0 Å². The normalized spacial score (nSPS) is 11.8. The van der Waals surface area contributed by atoms with E-state index in [2.05, 4.69) is 64.4 Å². The molecule has 2 aliphatic rings. The van der Waals surface area contributed by atoms with Gasteiger partial charge in [0.1, 0.15) is 0 Å². The van der Waals surface area contributed by atoms with Crippen LogP contribution >= 0.6 is 35.4 Å². The molecule has 2 heterocycles. The molecule has 0 fully saturated rings. The number of hydrogen-bond donors (Lipinski definition) is 3. The molecule has 49 heavy (non-hydrogen) atoms. The van der Waals surface area contributed by atoms with Gasteiger partial charge in [-0.2, -0.15) is 0 Å². The Balaban J connectivity index is 0.000000218. The van der Waals surface area contributed by atoms with E-state index in [-0.39, 0.29) is 17.0 Å². The first kappa shape index (κ1) is 33.6. The van der Waals surface area contributed by atoms with Crippen LogP contribution in [0.1, 0.15) is 13.8 Å². The van der Waals surface area contributed by atoms with Crippen molar-refractivity contribution >= 4 is 79.5 Å². The monoisotopic (exact) mass is 706 g/mol. The van der Waals surface area contributed by atoms with E-state index >= 15 is 0 Å². The standard InChI is InChI=1S/C27H22Cl2N4.C10H10N4OS/c1-17(2)30-24-16-27-25(15-23(24)31-20-11-7-18(28)8-12-20)32-22-5-3-4-6-26(22)33(27)21-13-9-19(29)10-14-21;1-14-7-5-3-2-4-6(7)8(9(14)15)12-13-10(11)16/h3-17,31H,1-2H3;2-5,15H,1H3,(H2,11,16). The van der Waals surface area contributed by atoms with Crippen molar-refractivity contribution in [2.75, 3.05) is 5.32 Å². The Hall–Kier alpha value is -5.29. The van der Waals surface area contributed by atoms with Gasteiger partial charge < -0.3 is 25.3 Å². The van der Waals surface area contributed by atoms with Crippen LogP contribution in [0.15, 0.2) is 124 Å². The van der Waals surface area contributed by atoms with E-state index in [4.69, 9.17) is 38.9 Å². The predicted molar refractivity (Wildman–Crippen MR) is 204 cm³/mol. The molecule has 0 bridgehead atoms. The minimum Gasteiger partial charge on any atom is -0.493 e. The van der Waals surface area contributed by atoms with Gasteiger partial charge in [-0.15, -0.1) is 10.2 Å². The number of aromatic nitrogens is 3. The summed E-state index contributed by atoms with van der Waals surface area (Å²) in [6.45, 7) is 4.14. The molecule has 12 heteroatoms. The number of benzene rings is 5. The molecular formula is C37H32Cl2N8OS.